The summed E-state index contributed by atoms with van der Waals surface area (Å²) >= 11 is 6.70. The van der Waals surface area contributed by atoms with Crippen LogP contribution in [0.3, 0.4) is 0 Å². The molecule has 0 saturated carbocycles. The van der Waals surface area contributed by atoms with Crippen molar-refractivity contribution < 1.29 is 13.9 Å². The molecular formula is C14H15Br2NO3. The average Bonchev–Trinajstić information content (AvgIpc) is 2.77. The quantitative estimate of drug-likeness (QED) is 0.749. The molecule has 0 fully saturated rings. The van der Waals surface area contributed by atoms with Crippen molar-refractivity contribution in [3.8, 4) is 11.5 Å². The number of furan rings is 1. The van der Waals surface area contributed by atoms with Crippen LogP contribution in [0.4, 0.5) is 5.69 Å². The summed E-state index contributed by atoms with van der Waals surface area (Å²) in [6.07, 6.45) is 0. The summed E-state index contributed by atoms with van der Waals surface area (Å²) in [6, 6.07) is 7.65. The summed E-state index contributed by atoms with van der Waals surface area (Å²) in [5.74, 6) is 2.28. The predicted octanol–water partition coefficient (Wildman–Crippen LogP) is 4.82. The van der Waals surface area contributed by atoms with Crippen molar-refractivity contribution in [1.82, 2.24) is 0 Å². The fourth-order valence-electron chi connectivity index (χ4n) is 1.72. The molecule has 0 atom stereocenters. The maximum absolute atomic E-state index is 5.51. The van der Waals surface area contributed by atoms with Crippen LogP contribution in [0.15, 0.2) is 37.8 Å². The van der Waals surface area contributed by atoms with Gasteiger partial charge in [-0.1, -0.05) is 0 Å². The van der Waals surface area contributed by atoms with Crippen molar-refractivity contribution >= 4 is 37.5 Å². The highest BCUT2D eigenvalue weighted by Gasteiger charge is 2.08. The van der Waals surface area contributed by atoms with Gasteiger partial charge in [-0.15, -0.1) is 0 Å². The topological polar surface area (TPSA) is 43.6 Å². The zero-order chi connectivity index (χ0) is 14.5. The Morgan fingerprint density at radius 1 is 1.20 bits per heavy atom. The van der Waals surface area contributed by atoms with Crippen LogP contribution in [0, 0.1) is 0 Å². The molecule has 1 aromatic heterocycles. The molecule has 0 unspecified atom stereocenters. The first-order chi connectivity index (χ1) is 9.63. The van der Waals surface area contributed by atoms with Gasteiger partial charge in [-0.25, -0.2) is 0 Å². The fraction of sp³-hybridized carbons (Fsp3) is 0.286. The third-order valence-corrected chi connectivity index (χ3v) is 4.34. The minimum Gasteiger partial charge on any atom is -0.493 e. The predicted molar refractivity (Wildman–Crippen MR) is 85.6 cm³/mol. The van der Waals surface area contributed by atoms with Crippen LogP contribution in [0.25, 0.3) is 0 Å². The normalized spacial score (nSPS) is 10.4. The van der Waals surface area contributed by atoms with Gasteiger partial charge >= 0.3 is 0 Å². The minimum absolute atomic E-state index is 0.585. The first-order valence-corrected chi connectivity index (χ1v) is 7.71. The van der Waals surface area contributed by atoms with Gasteiger partial charge in [0.05, 0.1) is 24.7 Å². The number of benzene rings is 1. The number of methoxy groups -OCH3 is 1. The van der Waals surface area contributed by atoms with Crippen molar-refractivity contribution in [2.24, 2.45) is 0 Å². The standard InChI is InChI=1S/C14H15Br2NO3/c1-3-19-12-5-4-9(6-13(12)18-2)17-8-10-7-11(15)14(16)20-10/h4-7,17H,3,8H2,1-2H3. The zero-order valence-electron chi connectivity index (χ0n) is 11.2. The average molecular weight is 405 g/mol. The van der Waals surface area contributed by atoms with Crippen molar-refractivity contribution in [3.63, 3.8) is 0 Å². The van der Waals surface area contributed by atoms with Crippen molar-refractivity contribution in [2.45, 2.75) is 13.5 Å². The van der Waals surface area contributed by atoms with Crippen molar-refractivity contribution in [1.29, 1.82) is 0 Å². The van der Waals surface area contributed by atoms with Gasteiger partial charge in [-0.3, -0.25) is 0 Å². The highest BCUT2D eigenvalue weighted by molar-refractivity contribution is 9.13. The molecule has 0 radical (unpaired) electrons. The van der Waals surface area contributed by atoms with E-state index in [4.69, 9.17) is 13.9 Å². The molecule has 0 bridgehead atoms. The first-order valence-electron chi connectivity index (χ1n) is 6.12. The number of nitrogens with one attached hydrogen (secondary N) is 1. The molecule has 2 aromatic rings. The molecule has 0 aliphatic heterocycles. The van der Waals surface area contributed by atoms with E-state index >= 15 is 0 Å². The largest absolute Gasteiger partial charge is 0.493 e. The Hall–Kier alpha value is -1.14. The van der Waals surface area contributed by atoms with E-state index in [1.807, 2.05) is 31.2 Å². The van der Waals surface area contributed by atoms with Gasteiger partial charge < -0.3 is 19.2 Å². The fourth-order valence-corrected chi connectivity index (χ4v) is 2.38. The molecule has 1 heterocycles. The van der Waals surface area contributed by atoms with Gasteiger partial charge in [0.1, 0.15) is 5.76 Å². The van der Waals surface area contributed by atoms with Crippen LogP contribution < -0.4 is 14.8 Å². The van der Waals surface area contributed by atoms with E-state index in [2.05, 4.69) is 37.2 Å². The van der Waals surface area contributed by atoms with Crippen LogP contribution in [-0.4, -0.2) is 13.7 Å². The summed E-state index contributed by atoms with van der Waals surface area (Å²) in [5.41, 5.74) is 0.939. The number of halogens is 2. The summed E-state index contributed by atoms with van der Waals surface area (Å²) in [4.78, 5) is 0. The molecule has 1 aromatic carbocycles. The highest BCUT2D eigenvalue weighted by Crippen LogP contribution is 2.31. The van der Waals surface area contributed by atoms with Crippen molar-refractivity contribution in [3.05, 3.63) is 39.2 Å². The third kappa shape index (κ3) is 3.70. The molecule has 2 rings (SSSR count). The molecule has 0 saturated heterocycles. The lowest BCUT2D eigenvalue weighted by molar-refractivity contribution is 0.311. The Morgan fingerprint density at radius 2 is 2.00 bits per heavy atom. The summed E-state index contributed by atoms with van der Waals surface area (Å²) in [7, 11) is 1.63. The van der Waals surface area contributed by atoms with E-state index in [9.17, 15) is 0 Å². The smallest absolute Gasteiger partial charge is 0.183 e. The highest BCUT2D eigenvalue weighted by atomic mass is 79.9. The van der Waals surface area contributed by atoms with E-state index in [0.29, 0.717) is 23.6 Å². The van der Waals surface area contributed by atoms with E-state index in [1.165, 1.54) is 0 Å². The van der Waals surface area contributed by atoms with Gasteiger partial charge in [0.25, 0.3) is 0 Å². The van der Waals surface area contributed by atoms with Gasteiger partial charge in [0.2, 0.25) is 0 Å². The van der Waals surface area contributed by atoms with Crippen LogP contribution in [0.2, 0.25) is 0 Å². The molecule has 108 valence electrons. The van der Waals surface area contributed by atoms with Crippen LogP contribution >= 0.6 is 31.9 Å². The zero-order valence-corrected chi connectivity index (χ0v) is 14.4. The summed E-state index contributed by atoms with van der Waals surface area (Å²) < 4.78 is 17.9. The van der Waals surface area contributed by atoms with Gasteiger partial charge in [-0.05, 0) is 57.0 Å². The molecular weight excluding hydrogens is 390 g/mol. The van der Waals surface area contributed by atoms with Crippen LogP contribution in [0.5, 0.6) is 11.5 Å². The Kier molecular flexibility index (Phi) is 5.37. The van der Waals surface area contributed by atoms with Crippen molar-refractivity contribution in [2.75, 3.05) is 19.0 Å². The first kappa shape index (κ1) is 15.3. The third-order valence-electron chi connectivity index (χ3n) is 2.63. The number of anilines is 1. The molecule has 1 N–H and O–H groups in total. The SMILES string of the molecule is CCOc1ccc(NCc2cc(Br)c(Br)o2)cc1OC. The second kappa shape index (κ2) is 7.04. The lowest BCUT2D eigenvalue weighted by Gasteiger charge is -2.11. The monoisotopic (exact) mass is 403 g/mol. The summed E-state index contributed by atoms with van der Waals surface area (Å²) in [5, 5.41) is 3.27. The van der Waals surface area contributed by atoms with Crippen LogP contribution in [-0.2, 0) is 6.54 Å². The summed E-state index contributed by atoms with van der Waals surface area (Å²) in [6.45, 7) is 3.14. The van der Waals surface area contributed by atoms with Gasteiger partial charge in [0.15, 0.2) is 16.2 Å². The molecule has 0 aliphatic carbocycles. The van der Waals surface area contributed by atoms with Crippen LogP contribution in [0.1, 0.15) is 12.7 Å². The number of hydrogen-bond acceptors (Lipinski definition) is 4. The second-order valence-electron chi connectivity index (χ2n) is 3.99. The Morgan fingerprint density at radius 3 is 2.60 bits per heavy atom. The van der Waals surface area contributed by atoms with E-state index in [-0.39, 0.29) is 0 Å². The van der Waals surface area contributed by atoms with Gasteiger partial charge in [0, 0.05) is 11.8 Å². The lowest BCUT2D eigenvalue weighted by Crippen LogP contribution is -2.00. The Labute approximate surface area is 134 Å². The molecule has 4 nitrogen and oxygen atoms in total. The van der Waals surface area contributed by atoms with E-state index in [1.54, 1.807) is 7.11 Å². The Bertz CT molecular complexity index is 564. The molecule has 6 heteroatoms. The number of ether oxygens (including phenoxy) is 2. The number of rotatable bonds is 6. The van der Waals surface area contributed by atoms with E-state index < -0.39 is 0 Å². The van der Waals surface area contributed by atoms with Gasteiger partial charge in [-0.2, -0.15) is 0 Å². The second-order valence-corrected chi connectivity index (χ2v) is 5.56. The molecule has 20 heavy (non-hydrogen) atoms. The lowest BCUT2D eigenvalue weighted by atomic mass is 10.2. The maximum Gasteiger partial charge on any atom is 0.183 e. The minimum atomic E-state index is 0.585. The van der Waals surface area contributed by atoms with E-state index in [0.717, 1.165) is 21.7 Å². The molecule has 0 spiro atoms. The Balaban J connectivity index is 2.06. The number of hydrogen-bond donors (Lipinski definition) is 1. The molecule has 0 amide bonds. The maximum atomic E-state index is 5.51. The molecule has 0 aliphatic rings.